The molecule has 0 bridgehead atoms. The minimum absolute atomic E-state index is 0.0944. The summed E-state index contributed by atoms with van der Waals surface area (Å²) in [5.74, 6) is 0.702. The molecule has 2 amide bonds. The van der Waals surface area contributed by atoms with Crippen LogP contribution < -0.4 is 15.5 Å². The van der Waals surface area contributed by atoms with E-state index in [9.17, 15) is 4.79 Å². The summed E-state index contributed by atoms with van der Waals surface area (Å²) in [4.78, 5) is 28.9. The molecule has 0 aromatic carbocycles. The number of nitrogens with zero attached hydrogens (tertiary/aromatic N) is 4. The van der Waals surface area contributed by atoms with Gasteiger partial charge in [-0.05, 0) is 47.1 Å². The highest BCUT2D eigenvalue weighted by Crippen LogP contribution is 2.29. The third-order valence-electron chi connectivity index (χ3n) is 4.07. The summed E-state index contributed by atoms with van der Waals surface area (Å²) in [5, 5.41) is 7.01. The predicted octanol–water partition coefficient (Wildman–Crippen LogP) is 2.89. The number of aromatic nitrogens is 3. The van der Waals surface area contributed by atoms with Crippen molar-refractivity contribution in [2.24, 2.45) is 0 Å². The molecule has 1 fully saturated rings. The van der Waals surface area contributed by atoms with Gasteiger partial charge in [-0.1, -0.05) is 0 Å². The Morgan fingerprint density at radius 3 is 2.73 bits per heavy atom. The highest BCUT2D eigenvalue weighted by Gasteiger charge is 2.27. The predicted molar refractivity (Wildman–Crippen MR) is 105 cm³/mol. The van der Waals surface area contributed by atoms with Crippen LogP contribution in [0.25, 0.3) is 10.6 Å². The number of thiazole rings is 1. The maximum Gasteiger partial charge on any atom is 0.315 e. The molecule has 3 heterocycles. The maximum atomic E-state index is 12.1. The minimum atomic E-state index is -0.245. The second kappa shape index (κ2) is 7.19. The topological polar surface area (TPSA) is 83.0 Å². The van der Waals surface area contributed by atoms with E-state index in [0.717, 1.165) is 34.2 Å². The Labute approximate surface area is 158 Å². The lowest BCUT2D eigenvalue weighted by molar-refractivity contribution is 0.229. The lowest BCUT2D eigenvalue weighted by Gasteiger charge is -2.23. The first-order valence-corrected chi connectivity index (χ1v) is 9.64. The number of carbonyl (C=O) groups excluding carboxylic acids is 1. The first-order chi connectivity index (χ1) is 12.2. The number of hydrogen-bond acceptors (Lipinski definition) is 6. The van der Waals surface area contributed by atoms with Crippen LogP contribution in [-0.4, -0.2) is 45.7 Å². The van der Waals surface area contributed by atoms with Crippen LogP contribution in [0.1, 0.15) is 37.9 Å². The van der Waals surface area contributed by atoms with Crippen LogP contribution in [0, 0.1) is 13.8 Å². The second-order valence-corrected chi connectivity index (χ2v) is 8.87. The van der Waals surface area contributed by atoms with Crippen LogP contribution in [0.4, 0.5) is 10.7 Å². The summed E-state index contributed by atoms with van der Waals surface area (Å²) < 4.78 is 0. The smallest absolute Gasteiger partial charge is 0.315 e. The van der Waals surface area contributed by atoms with Crippen LogP contribution in [-0.2, 0) is 0 Å². The van der Waals surface area contributed by atoms with Gasteiger partial charge < -0.3 is 15.5 Å². The van der Waals surface area contributed by atoms with Crippen molar-refractivity contribution in [2.75, 3.05) is 18.0 Å². The zero-order valence-corrected chi connectivity index (χ0v) is 16.8. The number of carbonyl (C=O) groups is 1. The molecule has 3 rings (SSSR count). The van der Waals surface area contributed by atoms with Gasteiger partial charge in [0.25, 0.3) is 0 Å². The van der Waals surface area contributed by atoms with Crippen LogP contribution in [0.5, 0.6) is 0 Å². The minimum Gasteiger partial charge on any atom is -0.339 e. The first kappa shape index (κ1) is 18.6. The van der Waals surface area contributed by atoms with E-state index in [-0.39, 0.29) is 17.6 Å². The summed E-state index contributed by atoms with van der Waals surface area (Å²) in [5.41, 5.74) is 1.65. The van der Waals surface area contributed by atoms with Gasteiger partial charge in [-0.25, -0.2) is 19.7 Å². The Balaban J connectivity index is 1.67. The van der Waals surface area contributed by atoms with E-state index in [1.54, 1.807) is 17.5 Å². The van der Waals surface area contributed by atoms with Crippen molar-refractivity contribution in [1.82, 2.24) is 25.6 Å². The molecule has 0 aliphatic carbocycles. The number of rotatable bonds is 3. The molecule has 0 saturated carbocycles. The van der Waals surface area contributed by atoms with E-state index in [4.69, 9.17) is 4.98 Å². The van der Waals surface area contributed by atoms with Crippen LogP contribution in [0.2, 0.25) is 0 Å². The fraction of sp³-hybridized carbons (Fsp3) is 0.556. The molecule has 1 atom stereocenters. The highest BCUT2D eigenvalue weighted by atomic mass is 32.1. The normalized spacial score (nSPS) is 17.4. The van der Waals surface area contributed by atoms with E-state index in [2.05, 4.69) is 25.5 Å². The monoisotopic (exact) mass is 374 g/mol. The van der Waals surface area contributed by atoms with Gasteiger partial charge in [0.15, 0.2) is 0 Å². The largest absolute Gasteiger partial charge is 0.339 e. The molecule has 140 valence electrons. The van der Waals surface area contributed by atoms with Gasteiger partial charge >= 0.3 is 6.03 Å². The summed E-state index contributed by atoms with van der Waals surface area (Å²) in [6, 6.07) is 1.89. The fourth-order valence-corrected chi connectivity index (χ4v) is 3.91. The molecule has 2 aromatic rings. The maximum absolute atomic E-state index is 12.1. The molecule has 1 saturated heterocycles. The zero-order valence-electron chi connectivity index (χ0n) is 16.0. The summed E-state index contributed by atoms with van der Waals surface area (Å²) in [7, 11) is 0. The second-order valence-electron chi connectivity index (χ2n) is 7.67. The fourth-order valence-electron chi connectivity index (χ4n) is 3.02. The van der Waals surface area contributed by atoms with Crippen LogP contribution in [0.3, 0.4) is 0 Å². The van der Waals surface area contributed by atoms with E-state index in [1.807, 2.05) is 40.7 Å². The number of anilines is 1. The summed E-state index contributed by atoms with van der Waals surface area (Å²) in [6.07, 6.45) is 2.67. The number of urea groups is 1. The molecule has 0 spiro atoms. The zero-order chi connectivity index (χ0) is 18.9. The van der Waals surface area contributed by atoms with Gasteiger partial charge in [0.2, 0.25) is 5.95 Å². The summed E-state index contributed by atoms with van der Waals surface area (Å²) in [6.45, 7) is 11.4. The molecule has 26 heavy (non-hydrogen) atoms. The average molecular weight is 375 g/mol. The third kappa shape index (κ3) is 4.49. The molecule has 2 aromatic heterocycles. The number of amides is 2. The first-order valence-electron chi connectivity index (χ1n) is 8.82. The van der Waals surface area contributed by atoms with E-state index in [1.165, 1.54) is 0 Å². The standard InChI is InChI=1S/C18H26N6OS/c1-11-15(26-12(2)20-11)14-6-8-19-16(22-14)24-9-7-13(10-24)21-17(25)23-18(3,4)5/h6,8,13H,7,9-10H2,1-5H3,(H2,21,23,25). The molecular weight excluding hydrogens is 348 g/mol. The Morgan fingerprint density at radius 2 is 2.08 bits per heavy atom. The highest BCUT2D eigenvalue weighted by molar-refractivity contribution is 7.15. The van der Waals surface area contributed by atoms with Crippen LogP contribution >= 0.6 is 11.3 Å². The molecular formula is C18H26N6OS. The van der Waals surface area contributed by atoms with Gasteiger partial charge in [-0.3, -0.25) is 0 Å². The molecule has 1 aliphatic heterocycles. The van der Waals surface area contributed by atoms with E-state index in [0.29, 0.717) is 12.5 Å². The number of aryl methyl sites for hydroxylation is 2. The van der Waals surface area contributed by atoms with Gasteiger partial charge in [-0.2, -0.15) is 0 Å². The van der Waals surface area contributed by atoms with Crippen molar-refractivity contribution in [3.8, 4) is 10.6 Å². The third-order valence-corrected chi connectivity index (χ3v) is 5.17. The lowest BCUT2D eigenvalue weighted by Crippen LogP contribution is -2.50. The van der Waals surface area contributed by atoms with Gasteiger partial charge in [0.05, 0.1) is 21.3 Å². The van der Waals surface area contributed by atoms with E-state index < -0.39 is 0 Å². The van der Waals surface area contributed by atoms with Crippen molar-refractivity contribution >= 4 is 23.3 Å². The Kier molecular flexibility index (Phi) is 5.13. The molecule has 1 unspecified atom stereocenters. The number of nitrogens with one attached hydrogen (secondary N) is 2. The Hall–Kier alpha value is -2.22. The van der Waals surface area contributed by atoms with Crippen molar-refractivity contribution in [3.05, 3.63) is 23.0 Å². The SMILES string of the molecule is Cc1nc(C)c(-c2ccnc(N3CCC(NC(=O)NC(C)(C)C)C3)n2)s1. The van der Waals surface area contributed by atoms with Gasteiger partial charge in [0.1, 0.15) is 0 Å². The van der Waals surface area contributed by atoms with Crippen molar-refractivity contribution in [1.29, 1.82) is 0 Å². The Bertz CT molecular complexity index is 797. The molecule has 0 radical (unpaired) electrons. The quantitative estimate of drug-likeness (QED) is 0.863. The van der Waals surface area contributed by atoms with Crippen LogP contribution in [0.15, 0.2) is 12.3 Å². The van der Waals surface area contributed by atoms with Crippen molar-refractivity contribution < 1.29 is 4.79 Å². The molecule has 8 heteroatoms. The van der Waals surface area contributed by atoms with Crippen molar-refractivity contribution in [2.45, 2.75) is 52.6 Å². The molecule has 7 nitrogen and oxygen atoms in total. The number of hydrogen-bond donors (Lipinski definition) is 2. The molecule has 2 N–H and O–H groups in total. The lowest BCUT2D eigenvalue weighted by atomic mass is 10.1. The molecule has 1 aliphatic rings. The average Bonchev–Trinajstić information content (AvgIpc) is 3.12. The van der Waals surface area contributed by atoms with Gasteiger partial charge in [-0.15, -0.1) is 11.3 Å². The van der Waals surface area contributed by atoms with Gasteiger partial charge in [0, 0.05) is 30.9 Å². The Morgan fingerprint density at radius 1 is 1.31 bits per heavy atom. The summed E-state index contributed by atoms with van der Waals surface area (Å²) >= 11 is 1.65. The van der Waals surface area contributed by atoms with E-state index >= 15 is 0 Å². The van der Waals surface area contributed by atoms with Crippen molar-refractivity contribution in [3.63, 3.8) is 0 Å².